The molecule has 66 heavy (non-hydrogen) atoms. The van der Waals surface area contributed by atoms with Crippen LogP contribution in [0.5, 0.6) is 0 Å². The van der Waals surface area contributed by atoms with Crippen LogP contribution in [0.15, 0.2) is 0 Å². The average molecular weight is 945 g/mol. The Morgan fingerprint density at radius 2 is 0.697 bits per heavy atom. The van der Waals surface area contributed by atoms with Gasteiger partial charge in [0.15, 0.2) is 0 Å². The van der Waals surface area contributed by atoms with Crippen LogP contribution in [0, 0.1) is 0 Å². The average Bonchev–Trinajstić information content (AvgIpc) is 3.25. The number of carboxylic acid groups (broad SMARTS) is 4. The second kappa shape index (κ2) is 36.5. The highest BCUT2D eigenvalue weighted by Gasteiger charge is 2.30. The van der Waals surface area contributed by atoms with Gasteiger partial charge in [0.1, 0.15) is 36.0 Å². The lowest BCUT2D eigenvalue weighted by molar-refractivity contribution is -0.143. The minimum Gasteiger partial charge on any atom is -0.481 e. The van der Waals surface area contributed by atoms with Crippen molar-refractivity contribution in [3.63, 3.8) is 0 Å². The van der Waals surface area contributed by atoms with Crippen molar-refractivity contribution in [1.29, 1.82) is 0 Å². The van der Waals surface area contributed by atoms with Crippen LogP contribution < -0.4 is 31.9 Å². The minimum atomic E-state index is -1.71. The van der Waals surface area contributed by atoms with Crippen molar-refractivity contribution >= 4 is 65.1 Å². The second-order valence-corrected chi connectivity index (χ2v) is 16.2. The molecule has 0 unspecified atom stereocenters. The van der Waals surface area contributed by atoms with Crippen LogP contribution in [-0.4, -0.2) is 146 Å². The molecular formula is C43H72N6O17. The molecule has 0 spiro atoms. The number of aliphatic hydroxyl groups excluding tert-OH is 2. The van der Waals surface area contributed by atoms with E-state index in [-0.39, 0.29) is 32.1 Å². The number of Topliss-reactive ketones (excluding diaryl/α,β-unsaturated/α-hetero) is 1. The molecule has 12 N–H and O–H groups in total. The van der Waals surface area contributed by atoms with E-state index in [9.17, 15) is 73.2 Å². The van der Waals surface area contributed by atoms with Crippen LogP contribution in [0.25, 0.3) is 0 Å². The first-order valence-corrected chi connectivity index (χ1v) is 22.7. The van der Waals surface area contributed by atoms with Gasteiger partial charge >= 0.3 is 23.9 Å². The van der Waals surface area contributed by atoms with Crippen LogP contribution in [0.3, 0.4) is 0 Å². The Hall–Kier alpha value is -5.71. The molecule has 0 aromatic rings. The monoisotopic (exact) mass is 944 g/mol. The highest BCUT2D eigenvalue weighted by Crippen LogP contribution is 2.14. The molecule has 0 saturated carbocycles. The van der Waals surface area contributed by atoms with Crippen molar-refractivity contribution in [2.45, 2.75) is 185 Å². The summed E-state index contributed by atoms with van der Waals surface area (Å²) in [5.74, 6) is -10.8. The number of aliphatic carboxylic acids is 4. The van der Waals surface area contributed by atoms with Crippen LogP contribution in [0.1, 0.15) is 155 Å². The summed E-state index contributed by atoms with van der Waals surface area (Å²) in [5.41, 5.74) is 0. The predicted octanol–water partition coefficient (Wildman–Crippen LogP) is 0.411. The van der Waals surface area contributed by atoms with Gasteiger partial charge in [-0.3, -0.25) is 43.2 Å². The summed E-state index contributed by atoms with van der Waals surface area (Å²) in [6, 6.07) is -7.87. The fourth-order valence-corrected chi connectivity index (χ4v) is 6.54. The van der Waals surface area contributed by atoms with E-state index in [1.54, 1.807) is 0 Å². The van der Waals surface area contributed by atoms with Gasteiger partial charge in [0, 0.05) is 32.1 Å². The molecular weight excluding hydrogens is 872 g/mol. The van der Waals surface area contributed by atoms with Gasteiger partial charge in [-0.05, 0) is 45.4 Å². The molecule has 0 rings (SSSR count). The van der Waals surface area contributed by atoms with E-state index in [1.807, 2.05) is 0 Å². The summed E-state index contributed by atoms with van der Waals surface area (Å²) in [7, 11) is 0. The van der Waals surface area contributed by atoms with Crippen molar-refractivity contribution in [1.82, 2.24) is 31.9 Å². The summed E-state index contributed by atoms with van der Waals surface area (Å²) >= 11 is 0. The first kappa shape index (κ1) is 60.3. The Bertz CT molecular complexity index is 1580. The van der Waals surface area contributed by atoms with Crippen molar-refractivity contribution in [3.8, 4) is 0 Å². The Kier molecular flexibility index (Phi) is 33.3. The molecule has 0 aromatic heterocycles. The van der Waals surface area contributed by atoms with E-state index in [0.29, 0.717) is 6.42 Å². The largest absolute Gasteiger partial charge is 0.481 e. The van der Waals surface area contributed by atoms with Crippen LogP contribution >= 0.6 is 0 Å². The number of amides is 6. The van der Waals surface area contributed by atoms with Gasteiger partial charge in [-0.25, -0.2) is 9.59 Å². The SMILES string of the molecule is CC(=O)CNC(=O)[C@H](CO)NC(=O)[C@H](CCCC(=O)O)NC(=O)[C@H](CO)NC(=O)CC[C@H](NC(=O)CC[C@H](NC(=O)CCCCCCCCCCCCCCCCC(=O)O)C(=O)O)C(=O)O. The van der Waals surface area contributed by atoms with Crippen molar-refractivity contribution in [2.75, 3.05) is 19.8 Å². The molecule has 0 saturated heterocycles. The number of hydrogen-bond acceptors (Lipinski definition) is 13. The number of ketones is 1. The Labute approximate surface area is 384 Å². The van der Waals surface area contributed by atoms with Crippen LogP contribution in [0.4, 0.5) is 0 Å². The smallest absolute Gasteiger partial charge is 0.326 e. The first-order valence-electron chi connectivity index (χ1n) is 22.7. The molecule has 5 atom stereocenters. The quantitative estimate of drug-likeness (QED) is 0.0369. The number of unbranched alkanes of at least 4 members (excludes halogenated alkanes) is 13. The lowest BCUT2D eigenvalue weighted by Gasteiger charge is -2.24. The van der Waals surface area contributed by atoms with Gasteiger partial charge in [-0.2, -0.15) is 0 Å². The molecule has 0 aliphatic carbocycles. The number of nitrogens with one attached hydrogen (secondary N) is 6. The van der Waals surface area contributed by atoms with Crippen LogP contribution in [-0.2, 0) is 52.7 Å². The molecule has 23 heteroatoms. The van der Waals surface area contributed by atoms with Crippen molar-refractivity contribution in [3.05, 3.63) is 0 Å². The number of hydrogen-bond donors (Lipinski definition) is 12. The minimum absolute atomic E-state index is 0.0894. The molecule has 0 radical (unpaired) electrons. The maximum absolute atomic E-state index is 13.0. The van der Waals surface area contributed by atoms with E-state index in [0.717, 1.165) is 70.6 Å². The third-order valence-corrected chi connectivity index (χ3v) is 10.3. The number of carbonyl (C=O) groups is 11. The Morgan fingerprint density at radius 1 is 0.364 bits per heavy atom. The van der Waals surface area contributed by atoms with E-state index < -0.39 is 141 Å². The lowest BCUT2D eigenvalue weighted by atomic mass is 10.0. The third-order valence-electron chi connectivity index (χ3n) is 10.3. The lowest BCUT2D eigenvalue weighted by Crippen LogP contribution is -2.58. The summed E-state index contributed by atoms with van der Waals surface area (Å²) in [6.45, 7) is -1.14. The van der Waals surface area contributed by atoms with Crippen LogP contribution in [0.2, 0.25) is 0 Å². The molecule has 6 amide bonds. The van der Waals surface area contributed by atoms with E-state index in [4.69, 9.17) is 10.2 Å². The molecule has 0 aromatic carbocycles. The fourth-order valence-electron chi connectivity index (χ4n) is 6.54. The van der Waals surface area contributed by atoms with Gasteiger partial charge in [0.25, 0.3) is 0 Å². The topological polar surface area (TPSA) is 381 Å². The van der Waals surface area contributed by atoms with Gasteiger partial charge in [0.05, 0.1) is 19.8 Å². The van der Waals surface area contributed by atoms with Crippen molar-refractivity contribution in [2.24, 2.45) is 0 Å². The molecule has 23 nitrogen and oxygen atoms in total. The van der Waals surface area contributed by atoms with Crippen molar-refractivity contribution < 1.29 is 83.4 Å². The number of carboxylic acids is 4. The maximum atomic E-state index is 13.0. The zero-order valence-corrected chi connectivity index (χ0v) is 37.9. The summed E-state index contributed by atoms with van der Waals surface area (Å²) < 4.78 is 0. The number of carbonyl (C=O) groups excluding carboxylic acids is 7. The number of rotatable bonds is 41. The summed E-state index contributed by atoms with van der Waals surface area (Å²) in [5, 5.41) is 69.7. The van der Waals surface area contributed by atoms with Gasteiger partial charge < -0.3 is 62.5 Å². The van der Waals surface area contributed by atoms with E-state index in [2.05, 4.69) is 31.9 Å². The summed E-state index contributed by atoms with van der Waals surface area (Å²) in [4.78, 5) is 133. The summed E-state index contributed by atoms with van der Waals surface area (Å²) in [6.07, 6.45) is 11.5. The maximum Gasteiger partial charge on any atom is 0.326 e. The van der Waals surface area contributed by atoms with Gasteiger partial charge in [0.2, 0.25) is 35.4 Å². The molecule has 0 fully saturated rings. The predicted molar refractivity (Wildman–Crippen MR) is 234 cm³/mol. The molecule has 376 valence electrons. The van der Waals surface area contributed by atoms with E-state index >= 15 is 0 Å². The molecule has 0 heterocycles. The van der Waals surface area contributed by atoms with Gasteiger partial charge in [-0.15, -0.1) is 0 Å². The second-order valence-electron chi connectivity index (χ2n) is 16.2. The third kappa shape index (κ3) is 31.2. The number of aliphatic hydroxyl groups is 2. The highest BCUT2D eigenvalue weighted by molar-refractivity contribution is 5.95. The Morgan fingerprint density at radius 3 is 1.09 bits per heavy atom. The molecule has 0 aliphatic heterocycles. The normalized spacial score (nSPS) is 13.1. The Balaban J connectivity index is 4.84. The fraction of sp³-hybridized carbons (Fsp3) is 0.744. The van der Waals surface area contributed by atoms with Gasteiger partial charge in [-0.1, -0.05) is 77.0 Å². The zero-order chi connectivity index (χ0) is 49.9. The molecule has 0 bridgehead atoms. The first-order chi connectivity index (χ1) is 31.3. The standard InChI is InChI=1S/C43H72N6O17/c1-28(52)25-44-39(60)32(26-50)49-40(61)29(17-16-20-38(58)59)48-41(62)33(27-51)47-36(55)24-22-31(43(65)66)46-35(54)23-21-30(42(63)64)45-34(53)18-14-12-10-8-6-4-2-3-5-7-9-11-13-15-19-37(56)57/h29-33,50-51H,2-27H2,1H3,(H,44,60)(H,45,53)(H,46,54)(H,47,55)(H,48,62)(H,49,61)(H,56,57)(H,58,59)(H,63,64)(H,65,66)/t29-,30-,31-,32-,33-/m0/s1. The molecule has 0 aliphatic rings. The zero-order valence-electron chi connectivity index (χ0n) is 37.9. The van der Waals surface area contributed by atoms with E-state index in [1.165, 1.54) is 19.8 Å². The highest BCUT2D eigenvalue weighted by atomic mass is 16.4.